The molecule has 1 aliphatic heterocycles. The number of benzene rings is 4. The Morgan fingerprint density at radius 2 is 1.17 bits per heavy atom. The number of rotatable bonds is 2. The first kappa shape index (κ1) is 28.1. The van der Waals surface area contributed by atoms with Crippen molar-refractivity contribution in [3.05, 3.63) is 97.6 Å². The van der Waals surface area contributed by atoms with E-state index in [0.717, 1.165) is 11.1 Å². The van der Waals surface area contributed by atoms with E-state index in [1.54, 1.807) is 24.5 Å². The molecule has 228 valence electrons. The normalized spacial score (nSPS) is 11.4. The van der Waals surface area contributed by atoms with Gasteiger partial charge in [0.2, 0.25) is 0 Å². The highest BCUT2D eigenvalue weighted by atomic mass is 15.4. The molecule has 0 aliphatic carbocycles. The maximum Gasteiger partial charge on any atom is 0.291 e. The standard InChI is InChI=1S/C32H20N16/c33-28-19-11-5-4-8-17(19)14-35-30-20-12-6-7-13-21(20)31(39-30)36-15-22-23(25-27(44-42-25)26-24(22)41-43-26)29(34)45-48-47-32(38-16-37-28)46-40-18-9-2-1-3-10-18/h1-16H,(H4,33,34,37,38,45,47). The number of nitrogen functional groups attached to an aromatic ring is 2. The van der Waals surface area contributed by atoms with Crippen LogP contribution >= 0.6 is 0 Å². The first-order chi connectivity index (χ1) is 23.6. The van der Waals surface area contributed by atoms with Gasteiger partial charge in [-0.15, -0.1) is 35.7 Å². The van der Waals surface area contributed by atoms with Gasteiger partial charge in [-0.05, 0) is 17.3 Å². The lowest BCUT2D eigenvalue weighted by molar-refractivity contribution is 0.864. The lowest BCUT2D eigenvalue weighted by Gasteiger charge is -2.08. The van der Waals surface area contributed by atoms with Crippen molar-refractivity contribution in [1.82, 2.24) is 60.7 Å². The van der Waals surface area contributed by atoms with E-state index < -0.39 is 0 Å². The average Bonchev–Trinajstić information content (AvgIpc) is 3.45. The molecule has 0 unspecified atom stereocenters. The fraction of sp³-hybridized carbons (Fsp3) is 0. The molecule has 4 aromatic carbocycles. The molecule has 0 saturated heterocycles. The highest BCUT2D eigenvalue weighted by molar-refractivity contribution is 6.24. The van der Waals surface area contributed by atoms with Gasteiger partial charge >= 0.3 is 0 Å². The topological polar surface area (TPSA) is 231 Å². The Labute approximate surface area is 269 Å². The monoisotopic (exact) mass is 628 g/mol. The van der Waals surface area contributed by atoms with Crippen LogP contribution in [0.3, 0.4) is 0 Å². The predicted molar refractivity (Wildman–Crippen MR) is 178 cm³/mol. The zero-order valence-electron chi connectivity index (χ0n) is 24.7. The van der Waals surface area contributed by atoms with E-state index in [-0.39, 0.29) is 17.6 Å². The Morgan fingerprint density at radius 1 is 0.500 bits per heavy atom. The van der Waals surface area contributed by atoms with Gasteiger partial charge in [-0.2, -0.15) is 4.98 Å². The molecule has 48 heavy (non-hydrogen) atoms. The summed E-state index contributed by atoms with van der Waals surface area (Å²) in [5, 5.41) is 39.2. The smallest absolute Gasteiger partial charge is 0.291 e. The van der Waals surface area contributed by atoms with Crippen LogP contribution in [-0.2, 0) is 0 Å². The van der Waals surface area contributed by atoms with Gasteiger partial charge in [0.05, 0.1) is 11.1 Å². The van der Waals surface area contributed by atoms with Gasteiger partial charge in [0.1, 0.15) is 34.2 Å². The Kier molecular flexibility index (Phi) is 6.95. The van der Waals surface area contributed by atoms with Gasteiger partial charge in [-0.3, -0.25) is 0 Å². The van der Waals surface area contributed by atoms with Crippen LogP contribution in [0.2, 0.25) is 0 Å². The van der Waals surface area contributed by atoms with E-state index in [9.17, 15) is 0 Å². The molecule has 16 nitrogen and oxygen atoms in total. The third-order valence-electron chi connectivity index (χ3n) is 7.36. The van der Waals surface area contributed by atoms with E-state index in [0.29, 0.717) is 60.9 Å². The molecule has 8 rings (SSSR count). The van der Waals surface area contributed by atoms with Crippen molar-refractivity contribution in [3.8, 4) is 22.8 Å². The molecule has 4 heterocycles. The Balaban J connectivity index is 1.43. The van der Waals surface area contributed by atoms with Crippen LogP contribution in [0.15, 0.2) is 108 Å². The van der Waals surface area contributed by atoms with Gasteiger partial charge in [0.25, 0.3) is 5.95 Å². The van der Waals surface area contributed by atoms with Gasteiger partial charge < -0.3 is 11.5 Å². The number of hydrogen-bond acceptors (Lipinski definition) is 16. The van der Waals surface area contributed by atoms with Crippen molar-refractivity contribution in [3.63, 3.8) is 0 Å². The number of azo groups is 1. The Morgan fingerprint density at radius 3 is 1.92 bits per heavy atom. The quantitative estimate of drug-likeness (QED) is 0.238. The lowest BCUT2D eigenvalue weighted by Crippen LogP contribution is -2.03. The van der Waals surface area contributed by atoms with E-state index in [1.807, 2.05) is 66.7 Å². The molecule has 0 fully saturated rings. The third-order valence-corrected chi connectivity index (χ3v) is 7.36. The molecule has 0 atom stereocenters. The number of fused-ring (bicyclic) bond motifs is 12. The third kappa shape index (κ3) is 5.10. The van der Waals surface area contributed by atoms with E-state index >= 15 is 0 Å². The molecule has 1 aliphatic rings. The minimum Gasteiger partial charge on any atom is -0.383 e. The number of hydrogen-bond donors (Lipinski definition) is 2. The number of aromatic nitrogens is 12. The zero-order chi connectivity index (χ0) is 32.5. The van der Waals surface area contributed by atoms with E-state index in [1.165, 1.54) is 6.33 Å². The number of anilines is 2. The van der Waals surface area contributed by atoms with Crippen LogP contribution in [-0.4, -0.2) is 60.7 Å². The number of nitrogens with two attached hydrogens (primary N) is 2. The summed E-state index contributed by atoms with van der Waals surface area (Å²) in [7, 11) is 0. The molecule has 0 radical (unpaired) electrons. The summed E-state index contributed by atoms with van der Waals surface area (Å²) in [6.45, 7) is 0. The number of nitrogens with zero attached hydrogens (tertiary/aromatic N) is 14. The molecule has 2 bridgehead atoms. The highest BCUT2D eigenvalue weighted by Crippen LogP contribution is 2.35. The van der Waals surface area contributed by atoms with Gasteiger partial charge in [0.15, 0.2) is 17.5 Å². The summed E-state index contributed by atoms with van der Waals surface area (Å²) in [6.07, 6.45) is 4.48. The van der Waals surface area contributed by atoms with E-state index in [2.05, 4.69) is 56.0 Å². The SMILES string of the molecule is Nc1ncnc(N=Nc2ccccc2)nnnc(N)c2c(cnc3nc(ncc4ccccc14)-c1ccccc1-3)c1nnc1c1nnc12. The molecule has 0 spiro atoms. The second-order valence-corrected chi connectivity index (χ2v) is 10.3. The Bertz CT molecular complexity index is 2610. The summed E-state index contributed by atoms with van der Waals surface area (Å²) in [4.78, 5) is 22.7. The van der Waals surface area contributed by atoms with Crippen LogP contribution in [0, 0.1) is 0 Å². The predicted octanol–water partition coefficient (Wildman–Crippen LogP) is 5.08. The summed E-state index contributed by atoms with van der Waals surface area (Å²) in [5.74, 6) is 0.901. The molecular weight excluding hydrogens is 608 g/mol. The van der Waals surface area contributed by atoms with Crippen molar-refractivity contribution in [2.24, 2.45) is 10.2 Å². The minimum absolute atomic E-state index is 0.0257. The van der Waals surface area contributed by atoms with Crippen LogP contribution in [0.5, 0.6) is 0 Å². The fourth-order valence-electron chi connectivity index (χ4n) is 5.03. The average molecular weight is 629 g/mol. The van der Waals surface area contributed by atoms with Gasteiger partial charge in [0, 0.05) is 39.7 Å². The van der Waals surface area contributed by atoms with Gasteiger partial charge in [-0.1, -0.05) is 71.8 Å². The fourth-order valence-corrected chi connectivity index (χ4v) is 5.03. The van der Waals surface area contributed by atoms with Crippen molar-refractivity contribution in [1.29, 1.82) is 0 Å². The largest absolute Gasteiger partial charge is 0.383 e. The van der Waals surface area contributed by atoms with E-state index in [4.69, 9.17) is 26.4 Å². The molecule has 0 amide bonds. The molecule has 16 heteroatoms. The second kappa shape index (κ2) is 11.9. The van der Waals surface area contributed by atoms with Crippen LogP contribution < -0.4 is 11.5 Å². The molecule has 7 aromatic rings. The molecule has 4 N–H and O–H groups in total. The van der Waals surface area contributed by atoms with Crippen molar-refractivity contribution in [2.75, 3.05) is 11.5 Å². The van der Waals surface area contributed by atoms with Crippen LogP contribution in [0.25, 0.3) is 66.4 Å². The van der Waals surface area contributed by atoms with Crippen LogP contribution in [0.4, 0.5) is 23.3 Å². The molecule has 0 saturated carbocycles. The van der Waals surface area contributed by atoms with Crippen molar-refractivity contribution in [2.45, 2.75) is 0 Å². The molecular formula is C32H20N16. The first-order valence-corrected chi connectivity index (χ1v) is 14.4. The minimum atomic E-state index is -0.166. The summed E-state index contributed by atoms with van der Waals surface area (Å²) in [6, 6.07) is 24.1. The summed E-state index contributed by atoms with van der Waals surface area (Å²) < 4.78 is 0. The maximum atomic E-state index is 6.48. The zero-order valence-corrected chi connectivity index (χ0v) is 24.7. The summed E-state index contributed by atoms with van der Waals surface area (Å²) >= 11 is 0. The van der Waals surface area contributed by atoms with Crippen molar-refractivity contribution >= 4 is 66.9 Å². The Hall–Kier alpha value is -7.36. The highest BCUT2D eigenvalue weighted by Gasteiger charge is 2.21. The van der Waals surface area contributed by atoms with Crippen LogP contribution in [0.1, 0.15) is 0 Å². The summed E-state index contributed by atoms with van der Waals surface area (Å²) in [5.41, 5.74) is 17.2. The first-order valence-electron chi connectivity index (χ1n) is 14.4. The van der Waals surface area contributed by atoms with Crippen molar-refractivity contribution < 1.29 is 0 Å². The second-order valence-electron chi connectivity index (χ2n) is 10.3. The lowest BCUT2D eigenvalue weighted by atomic mass is 10.1. The van der Waals surface area contributed by atoms with Gasteiger partial charge in [-0.25, -0.2) is 19.9 Å². The molecule has 3 aromatic heterocycles. The maximum absolute atomic E-state index is 6.48.